The number of carbonyl (C=O) groups is 2. The van der Waals surface area contributed by atoms with Crippen molar-refractivity contribution in [1.82, 2.24) is 0 Å². The summed E-state index contributed by atoms with van der Waals surface area (Å²) in [5.41, 5.74) is 5.32. The number of esters is 2. The first kappa shape index (κ1) is 48.1. The minimum absolute atomic E-state index is 0.0576. The molecule has 0 saturated heterocycles. The van der Waals surface area contributed by atoms with Gasteiger partial charge in [-0.15, -0.1) is 0 Å². The number of rotatable bonds is 35. The van der Waals surface area contributed by atoms with Gasteiger partial charge in [-0.25, -0.2) is 4.57 Å². The molecule has 3 N–H and O–H groups in total. The van der Waals surface area contributed by atoms with E-state index in [1.165, 1.54) is 116 Å². The SMILES string of the molecule is CC.CCCCCCCCCCCCCCC(=O)OC[C@H](COP(=O)(O)OCCN)OC(=O)CCCCCCCCCCCCCC. The van der Waals surface area contributed by atoms with Crippen LogP contribution in [0.4, 0.5) is 0 Å². The topological polar surface area (TPSA) is 134 Å². The van der Waals surface area contributed by atoms with Gasteiger partial charge in [0.2, 0.25) is 0 Å². The number of unbranched alkanes of at least 4 members (excludes halogenated alkanes) is 22. The molecule has 9 nitrogen and oxygen atoms in total. The molecule has 1 unspecified atom stereocenters. The monoisotopic (exact) mass is 694 g/mol. The van der Waals surface area contributed by atoms with E-state index >= 15 is 0 Å². The van der Waals surface area contributed by atoms with Crippen LogP contribution in [0.1, 0.15) is 195 Å². The number of phosphoric ester groups is 1. The summed E-state index contributed by atoms with van der Waals surface area (Å²) in [6.07, 6.45) is 28.4. The zero-order chi connectivity index (χ0) is 35.3. The van der Waals surface area contributed by atoms with Gasteiger partial charge >= 0.3 is 19.8 Å². The van der Waals surface area contributed by atoms with E-state index in [1.54, 1.807) is 0 Å². The Morgan fingerprint density at radius 3 is 1.32 bits per heavy atom. The number of hydrogen-bond donors (Lipinski definition) is 2. The van der Waals surface area contributed by atoms with Crippen LogP contribution in [0.5, 0.6) is 0 Å². The molecule has 0 aliphatic carbocycles. The third kappa shape index (κ3) is 37.7. The average molecular weight is 694 g/mol. The van der Waals surface area contributed by atoms with Gasteiger partial charge in [-0.1, -0.05) is 169 Å². The molecule has 282 valence electrons. The molecular formula is C37H76NO8P. The molecule has 2 atom stereocenters. The zero-order valence-electron chi connectivity index (χ0n) is 31.1. The molecule has 0 amide bonds. The lowest BCUT2D eigenvalue weighted by Gasteiger charge is -2.19. The van der Waals surface area contributed by atoms with Crippen LogP contribution in [-0.4, -0.2) is 49.3 Å². The maximum absolute atomic E-state index is 12.5. The number of hydrogen-bond acceptors (Lipinski definition) is 8. The van der Waals surface area contributed by atoms with Crippen molar-refractivity contribution < 1.29 is 37.6 Å². The lowest BCUT2D eigenvalue weighted by Crippen LogP contribution is -2.29. The second-order valence-corrected chi connectivity index (χ2v) is 13.9. The molecule has 0 aromatic heterocycles. The van der Waals surface area contributed by atoms with Crippen LogP contribution in [0.25, 0.3) is 0 Å². The highest BCUT2D eigenvalue weighted by Gasteiger charge is 2.25. The summed E-state index contributed by atoms with van der Waals surface area (Å²) in [6.45, 7) is 7.73. The Balaban J connectivity index is 0. The molecule has 0 aromatic rings. The second kappa shape index (κ2) is 37.8. The van der Waals surface area contributed by atoms with Crippen LogP contribution >= 0.6 is 7.82 Å². The molecule has 0 fully saturated rings. The van der Waals surface area contributed by atoms with Gasteiger partial charge in [-0.3, -0.25) is 18.6 Å². The van der Waals surface area contributed by atoms with Crippen LogP contribution in [0.3, 0.4) is 0 Å². The number of nitrogens with two attached hydrogens (primary N) is 1. The van der Waals surface area contributed by atoms with Crippen molar-refractivity contribution in [2.24, 2.45) is 5.73 Å². The van der Waals surface area contributed by atoms with Crippen molar-refractivity contribution in [3.63, 3.8) is 0 Å². The lowest BCUT2D eigenvalue weighted by molar-refractivity contribution is -0.161. The molecule has 0 spiro atoms. The van der Waals surface area contributed by atoms with E-state index in [-0.39, 0.29) is 38.6 Å². The Morgan fingerprint density at radius 2 is 0.936 bits per heavy atom. The summed E-state index contributed by atoms with van der Waals surface area (Å²) in [4.78, 5) is 34.6. The minimum atomic E-state index is -4.36. The quantitative estimate of drug-likeness (QED) is 0.0378. The van der Waals surface area contributed by atoms with Crippen molar-refractivity contribution in [3.8, 4) is 0 Å². The Labute approximate surface area is 289 Å². The molecule has 0 aliphatic heterocycles. The Hall–Kier alpha value is -0.990. The number of phosphoric acid groups is 1. The minimum Gasteiger partial charge on any atom is -0.462 e. The summed E-state index contributed by atoms with van der Waals surface area (Å²) < 4.78 is 32.6. The standard InChI is InChI=1S/C35H70NO8P.C2H6/c1-3-5-7-9-11-13-15-17-19-21-23-25-27-34(37)41-31-33(32-43-45(39,40)42-30-29-36)44-35(38)28-26-24-22-20-18-16-14-12-10-8-6-4-2;1-2/h33H,3-32,36H2,1-2H3,(H,39,40);1-2H3/t33-;/m1./s1. The Bertz CT molecular complexity index is 724. The van der Waals surface area contributed by atoms with Gasteiger partial charge in [-0.2, -0.15) is 0 Å². The third-order valence-corrected chi connectivity index (χ3v) is 8.98. The largest absolute Gasteiger partial charge is 0.472 e. The van der Waals surface area contributed by atoms with E-state index in [1.807, 2.05) is 13.8 Å². The molecule has 0 aliphatic rings. The highest BCUT2D eigenvalue weighted by Crippen LogP contribution is 2.43. The zero-order valence-corrected chi connectivity index (χ0v) is 32.0. The van der Waals surface area contributed by atoms with Crippen LogP contribution in [-0.2, 0) is 32.7 Å². The summed E-state index contributed by atoms with van der Waals surface area (Å²) in [5.74, 6) is -0.820. The van der Waals surface area contributed by atoms with Crippen LogP contribution in [0.2, 0.25) is 0 Å². The van der Waals surface area contributed by atoms with E-state index in [9.17, 15) is 19.0 Å². The Kier molecular flexibility index (Phi) is 38.7. The van der Waals surface area contributed by atoms with Crippen molar-refractivity contribution in [2.45, 2.75) is 201 Å². The first-order valence-corrected chi connectivity index (χ1v) is 21.0. The third-order valence-electron chi connectivity index (χ3n) is 7.99. The van der Waals surface area contributed by atoms with Crippen molar-refractivity contribution >= 4 is 19.8 Å². The molecular weight excluding hydrogens is 617 g/mol. The van der Waals surface area contributed by atoms with E-state index in [4.69, 9.17) is 24.3 Å². The maximum Gasteiger partial charge on any atom is 0.472 e. The van der Waals surface area contributed by atoms with E-state index in [0.717, 1.165) is 32.1 Å². The summed E-state index contributed by atoms with van der Waals surface area (Å²) >= 11 is 0. The van der Waals surface area contributed by atoms with Gasteiger partial charge in [0.15, 0.2) is 6.10 Å². The molecule has 0 saturated carbocycles. The summed E-state index contributed by atoms with van der Waals surface area (Å²) in [5, 5.41) is 0. The van der Waals surface area contributed by atoms with Gasteiger partial charge in [0.05, 0.1) is 13.2 Å². The van der Waals surface area contributed by atoms with Crippen molar-refractivity contribution in [1.29, 1.82) is 0 Å². The molecule has 0 aromatic carbocycles. The van der Waals surface area contributed by atoms with E-state index < -0.39 is 26.5 Å². The van der Waals surface area contributed by atoms with Crippen molar-refractivity contribution in [3.05, 3.63) is 0 Å². The smallest absolute Gasteiger partial charge is 0.462 e. The number of carbonyl (C=O) groups excluding carboxylic acids is 2. The number of ether oxygens (including phenoxy) is 2. The van der Waals surface area contributed by atoms with Crippen molar-refractivity contribution in [2.75, 3.05) is 26.4 Å². The fourth-order valence-corrected chi connectivity index (χ4v) is 5.99. The molecule has 0 heterocycles. The fraction of sp³-hybridized carbons (Fsp3) is 0.946. The second-order valence-electron chi connectivity index (χ2n) is 12.5. The predicted octanol–water partition coefficient (Wildman–Crippen LogP) is 10.7. The van der Waals surface area contributed by atoms with Gasteiger partial charge in [0, 0.05) is 19.4 Å². The van der Waals surface area contributed by atoms with E-state index in [0.29, 0.717) is 6.42 Å². The Morgan fingerprint density at radius 1 is 0.574 bits per heavy atom. The first-order chi connectivity index (χ1) is 22.8. The molecule has 0 radical (unpaired) electrons. The van der Waals surface area contributed by atoms with Gasteiger partial charge in [-0.05, 0) is 12.8 Å². The van der Waals surface area contributed by atoms with Gasteiger partial charge in [0.25, 0.3) is 0 Å². The molecule has 47 heavy (non-hydrogen) atoms. The van der Waals surface area contributed by atoms with Gasteiger partial charge in [0.1, 0.15) is 6.61 Å². The van der Waals surface area contributed by atoms with Crippen LogP contribution < -0.4 is 5.73 Å². The molecule has 10 heteroatoms. The normalized spacial score (nSPS) is 13.0. The first-order valence-electron chi connectivity index (χ1n) is 19.5. The molecule has 0 bridgehead atoms. The predicted molar refractivity (Wildman–Crippen MR) is 194 cm³/mol. The summed E-state index contributed by atoms with van der Waals surface area (Å²) in [7, 11) is -4.36. The summed E-state index contributed by atoms with van der Waals surface area (Å²) in [6, 6.07) is 0. The van der Waals surface area contributed by atoms with Crippen LogP contribution in [0.15, 0.2) is 0 Å². The average Bonchev–Trinajstić information content (AvgIpc) is 3.07. The fourth-order valence-electron chi connectivity index (χ4n) is 5.22. The molecule has 0 rings (SSSR count). The maximum atomic E-state index is 12.5. The van der Waals surface area contributed by atoms with Gasteiger partial charge < -0.3 is 20.1 Å². The lowest BCUT2D eigenvalue weighted by atomic mass is 10.0. The highest BCUT2D eigenvalue weighted by molar-refractivity contribution is 7.47. The van der Waals surface area contributed by atoms with E-state index in [2.05, 4.69) is 13.8 Å². The highest BCUT2D eigenvalue weighted by atomic mass is 31.2. The van der Waals surface area contributed by atoms with Crippen LogP contribution in [0, 0.1) is 0 Å².